The fourth-order valence-electron chi connectivity index (χ4n) is 5.61. The van der Waals surface area contributed by atoms with Crippen LogP contribution in [0.1, 0.15) is 22.6 Å². The SMILES string of the molecule is Cc1ncsc1CCC(=O)N[C@H]1C2CN3CCN(C2)CC1(c1ccccc1)C3. The van der Waals surface area contributed by atoms with Crippen molar-refractivity contribution in [1.29, 1.82) is 0 Å². The van der Waals surface area contributed by atoms with Gasteiger partial charge >= 0.3 is 0 Å². The predicted octanol–water partition coefficient (Wildman–Crippen LogP) is 2.07. The molecular weight excluding hydrogens is 368 g/mol. The van der Waals surface area contributed by atoms with E-state index in [2.05, 4.69) is 50.4 Å². The summed E-state index contributed by atoms with van der Waals surface area (Å²) in [5, 5.41) is 3.50. The van der Waals surface area contributed by atoms with E-state index in [-0.39, 0.29) is 17.4 Å². The number of nitrogens with zero attached hydrogens (tertiary/aromatic N) is 3. The van der Waals surface area contributed by atoms with Gasteiger partial charge < -0.3 is 15.1 Å². The zero-order valence-electron chi connectivity index (χ0n) is 16.4. The summed E-state index contributed by atoms with van der Waals surface area (Å²) < 4.78 is 0. The van der Waals surface area contributed by atoms with E-state index in [0.29, 0.717) is 12.3 Å². The first-order valence-corrected chi connectivity index (χ1v) is 11.2. The number of hydrogen-bond acceptors (Lipinski definition) is 5. The summed E-state index contributed by atoms with van der Waals surface area (Å²) in [4.78, 5) is 23.7. The molecule has 0 radical (unpaired) electrons. The predicted molar refractivity (Wildman–Crippen MR) is 112 cm³/mol. The molecule has 2 aromatic rings. The molecule has 4 saturated heterocycles. The molecule has 4 aliphatic heterocycles. The number of benzene rings is 1. The second-order valence-corrected chi connectivity index (χ2v) is 9.60. The van der Waals surface area contributed by atoms with Crippen LogP contribution in [0.15, 0.2) is 35.8 Å². The lowest BCUT2D eigenvalue weighted by Crippen LogP contribution is -2.70. The van der Waals surface area contributed by atoms with Crippen molar-refractivity contribution in [1.82, 2.24) is 20.1 Å². The normalized spacial score (nSPS) is 33.6. The molecule has 1 amide bonds. The third kappa shape index (κ3) is 3.17. The van der Waals surface area contributed by atoms with Crippen molar-refractivity contribution in [3.8, 4) is 0 Å². The fourth-order valence-corrected chi connectivity index (χ4v) is 6.39. The van der Waals surface area contributed by atoms with Crippen LogP contribution in [0.5, 0.6) is 0 Å². The third-order valence-electron chi connectivity index (χ3n) is 6.89. The molecule has 4 bridgehead atoms. The molecule has 1 aromatic carbocycles. The molecule has 3 atom stereocenters. The number of carbonyl (C=O) groups is 1. The minimum Gasteiger partial charge on any atom is -0.352 e. The molecule has 0 aliphatic carbocycles. The van der Waals surface area contributed by atoms with Crippen LogP contribution in [0.4, 0.5) is 0 Å². The number of aromatic nitrogens is 1. The molecule has 4 fully saturated rings. The lowest BCUT2D eigenvalue weighted by Gasteiger charge is -2.55. The highest BCUT2D eigenvalue weighted by Gasteiger charge is 2.55. The Hall–Kier alpha value is -1.76. The van der Waals surface area contributed by atoms with Crippen LogP contribution in [0.2, 0.25) is 0 Å². The molecule has 6 heteroatoms. The summed E-state index contributed by atoms with van der Waals surface area (Å²) in [6.45, 7) is 8.62. The Morgan fingerprint density at radius 1 is 1.21 bits per heavy atom. The van der Waals surface area contributed by atoms with Crippen LogP contribution in [0, 0.1) is 12.8 Å². The number of carbonyl (C=O) groups excluding carboxylic acids is 1. The van der Waals surface area contributed by atoms with Gasteiger partial charge in [0.05, 0.1) is 11.2 Å². The molecule has 0 saturated carbocycles. The highest BCUT2D eigenvalue weighted by atomic mass is 32.1. The smallest absolute Gasteiger partial charge is 0.220 e. The molecular formula is C22H28N4OS. The van der Waals surface area contributed by atoms with Crippen LogP contribution in [0.3, 0.4) is 0 Å². The molecule has 4 aliphatic rings. The van der Waals surface area contributed by atoms with E-state index < -0.39 is 0 Å². The van der Waals surface area contributed by atoms with Gasteiger partial charge in [0.1, 0.15) is 0 Å². The Kier molecular flexibility index (Phi) is 4.73. The summed E-state index contributed by atoms with van der Waals surface area (Å²) in [5.41, 5.74) is 4.30. The van der Waals surface area contributed by atoms with Crippen LogP contribution in [-0.2, 0) is 16.6 Å². The number of rotatable bonds is 5. The first-order valence-electron chi connectivity index (χ1n) is 10.3. The first-order chi connectivity index (χ1) is 13.6. The van der Waals surface area contributed by atoms with Crippen LogP contribution in [0.25, 0.3) is 0 Å². The molecule has 1 aromatic heterocycles. The topological polar surface area (TPSA) is 48.5 Å². The number of amides is 1. The maximum atomic E-state index is 12.9. The largest absolute Gasteiger partial charge is 0.352 e. The Bertz CT molecular complexity index is 835. The molecule has 0 spiro atoms. The minimum atomic E-state index is -0.00497. The Labute approximate surface area is 170 Å². The van der Waals surface area contributed by atoms with Crippen molar-refractivity contribution < 1.29 is 4.79 Å². The Morgan fingerprint density at radius 3 is 2.57 bits per heavy atom. The van der Waals surface area contributed by atoms with Gasteiger partial charge in [-0.15, -0.1) is 11.3 Å². The Morgan fingerprint density at radius 2 is 1.93 bits per heavy atom. The zero-order valence-corrected chi connectivity index (χ0v) is 17.3. The molecule has 1 N–H and O–H groups in total. The van der Waals surface area contributed by atoms with Crippen molar-refractivity contribution >= 4 is 17.2 Å². The maximum absolute atomic E-state index is 12.9. The van der Waals surface area contributed by atoms with Crippen molar-refractivity contribution in [2.24, 2.45) is 5.92 Å². The molecule has 6 rings (SSSR count). The monoisotopic (exact) mass is 396 g/mol. The number of piperidine rings is 2. The molecule has 28 heavy (non-hydrogen) atoms. The van der Waals surface area contributed by atoms with Gasteiger partial charge in [0.15, 0.2) is 0 Å². The van der Waals surface area contributed by atoms with Crippen molar-refractivity contribution in [2.45, 2.75) is 31.2 Å². The van der Waals surface area contributed by atoms with Gasteiger partial charge in [-0.1, -0.05) is 30.3 Å². The van der Waals surface area contributed by atoms with Crippen molar-refractivity contribution in [2.75, 3.05) is 39.3 Å². The summed E-state index contributed by atoms with van der Waals surface area (Å²) in [7, 11) is 0. The summed E-state index contributed by atoms with van der Waals surface area (Å²) in [5.74, 6) is 0.684. The van der Waals surface area contributed by atoms with Gasteiger partial charge in [-0.05, 0) is 18.9 Å². The van der Waals surface area contributed by atoms with E-state index in [1.807, 2.05) is 12.4 Å². The van der Waals surface area contributed by atoms with Gasteiger partial charge in [0.25, 0.3) is 0 Å². The molecule has 148 valence electrons. The van der Waals surface area contributed by atoms with Gasteiger partial charge in [-0.3, -0.25) is 4.79 Å². The minimum absolute atomic E-state index is 0.00497. The third-order valence-corrected chi connectivity index (χ3v) is 7.88. The Balaban J connectivity index is 1.39. The summed E-state index contributed by atoms with van der Waals surface area (Å²) in [6.07, 6.45) is 1.33. The van der Waals surface area contributed by atoms with E-state index in [1.165, 1.54) is 10.4 Å². The average molecular weight is 397 g/mol. The second-order valence-electron chi connectivity index (χ2n) is 8.66. The standard InChI is InChI=1S/C22H28N4OS/c1-16-19(28-15-23-16)7-8-20(27)24-21-17-11-25-9-10-26(12-17)14-22(21,13-25)18-5-3-2-4-6-18/h2-6,15,17,21H,7-14H2,1H3,(H,24,27)/t17?,21-,22?/m0/s1. The van der Waals surface area contributed by atoms with E-state index in [0.717, 1.165) is 51.4 Å². The number of nitrogens with one attached hydrogen (secondary N) is 1. The van der Waals surface area contributed by atoms with Gasteiger partial charge in [0.2, 0.25) is 5.91 Å². The van der Waals surface area contributed by atoms with Gasteiger partial charge in [0, 0.05) is 67.9 Å². The van der Waals surface area contributed by atoms with E-state index in [9.17, 15) is 4.79 Å². The summed E-state index contributed by atoms with van der Waals surface area (Å²) in [6, 6.07) is 11.1. The van der Waals surface area contributed by atoms with E-state index in [1.54, 1.807) is 11.3 Å². The highest BCUT2D eigenvalue weighted by Crippen LogP contribution is 2.43. The maximum Gasteiger partial charge on any atom is 0.220 e. The first kappa shape index (κ1) is 18.3. The fraction of sp³-hybridized carbons (Fsp3) is 0.545. The van der Waals surface area contributed by atoms with Crippen molar-refractivity contribution in [3.05, 3.63) is 52.0 Å². The quantitative estimate of drug-likeness (QED) is 0.841. The van der Waals surface area contributed by atoms with Gasteiger partial charge in [-0.2, -0.15) is 0 Å². The van der Waals surface area contributed by atoms with Gasteiger partial charge in [-0.25, -0.2) is 4.98 Å². The number of fused-ring (bicyclic) bond motifs is 1. The number of hydrogen-bond donors (Lipinski definition) is 1. The van der Waals surface area contributed by atoms with Crippen LogP contribution >= 0.6 is 11.3 Å². The molecule has 2 unspecified atom stereocenters. The second kappa shape index (κ2) is 7.25. The van der Waals surface area contributed by atoms with Crippen LogP contribution in [-0.4, -0.2) is 66.0 Å². The number of thiazole rings is 1. The molecule has 5 nitrogen and oxygen atoms in total. The van der Waals surface area contributed by atoms with Crippen LogP contribution < -0.4 is 5.32 Å². The highest BCUT2D eigenvalue weighted by molar-refractivity contribution is 7.09. The summed E-state index contributed by atoms with van der Waals surface area (Å²) >= 11 is 1.65. The zero-order chi connectivity index (χ0) is 19.1. The van der Waals surface area contributed by atoms with Crippen molar-refractivity contribution in [3.63, 3.8) is 0 Å². The average Bonchev–Trinajstić information content (AvgIpc) is 2.94. The lowest BCUT2D eigenvalue weighted by atomic mass is 9.64. The number of aryl methyl sites for hydroxylation is 2. The van der Waals surface area contributed by atoms with E-state index in [4.69, 9.17) is 0 Å². The molecule has 5 heterocycles. The lowest BCUT2D eigenvalue weighted by molar-refractivity contribution is -0.124. The van der Waals surface area contributed by atoms with E-state index >= 15 is 0 Å².